The van der Waals surface area contributed by atoms with Gasteiger partial charge in [-0.2, -0.15) is 0 Å². The Morgan fingerprint density at radius 1 is 0.240 bits per heavy atom. The van der Waals surface area contributed by atoms with Gasteiger partial charge in [-0.25, -0.2) is 9.59 Å². The maximum atomic E-state index is 12.6. The second kappa shape index (κ2) is 57.9. The Labute approximate surface area is 594 Å². The molecule has 0 atom stereocenters. The maximum Gasteiger partial charge on any atom is 0.344 e. The summed E-state index contributed by atoms with van der Waals surface area (Å²) in [7, 11) is 0. The van der Waals surface area contributed by atoms with Gasteiger partial charge in [0.25, 0.3) is 0 Å². The molecular weight excluding hydrogens is 1290 g/mol. The average Bonchev–Trinajstić information content (AvgIpc) is 0.894. The van der Waals surface area contributed by atoms with Crippen LogP contribution in [0.3, 0.4) is 0 Å². The maximum absolute atomic E-state index is 12.6. The van der Waals surface area contributed by atoms with E-state index in [4.69, 9.17) is 66.7 Å². The molecule has 0 heterocycles. The van der Waals surface area contributed by atoms with Crippen molar-refractivity contribution in [2.45, 2.75) is 272 Å². The number of esters is 7. The summed E-state index contributed by atoms with van der Waals surface area (Å²) in [5.41, 5.74) is 1.82. The van der Waals surface area contributed by atoms with Crippen LogP contribution in [0.1, 0.15) is 269 Å². The highest BCUT2D eigenvalue weighted by Gasteiger charge is 2.19. The molecule has 0 unspecified atom stereocenters. The summed E-state index contributed by atoms with van der Waals surface area (Å²) in [6.45, 7) is 10.1. The number of benzene rings is 3. The number of ether oxygens (including phenoxy) is 13. The second-order valence-electron chi connectivity index (χ2n) is 25.1. The van der Waals surface area contributed by atoms with Crippen molar-refractivity contribution < 1.29 is 105 Å². The third-order valence-electron chi connectivity index (χ3n) is 15.8. The van der Waals surface area contributed by atoms with E-state index in [0.717, 1.165) is 64.2 Å². The van der Waals surface area contributed by atoms with E-state index < -0.39 is 80.2 Å². The zero-order chi connectivity index (χ0) is 72.3. The van der Waals surface area contributed by atoms with Gasteiger partial charge >= 0.3 is 47.8 Å². The highest BCUT2D eigenvalue weighted by molar-refractivity contribution is 5.92. The van der Waals surface area contributed by atoms with Crippen LogP contribution in [0.2, 0.25) is 0 Å². The number of carbonyl (C=O) groups excluding carboxylic acids is 7. The van der Waals surface area contributed by atoms with Crippen molar-refractivity contribution in [2.75, 3.05) is 66.1 Å². The first-order chi connectivity index (χ1) is 48.7. The molecule has 0 fully saturated rings. The number of hydrogen-bond acceptors (Lipinski definition) is 21. The van der Waals surface area contributed by atoms with E-state index >= 15 is 0 Å². The summed E-state index contributed by atoms with van der Waals surface area (Å²) >= 11 is 0. The van der Waals surface area contributed by atoms with Crippen molar-refractivity contribution in [1.29, 1.82) is 0 Å². The molecule has 0 aliphatic heterocycles. The molecule has 562 valence electrons. The summed E-state index contributed by atoms with van der Waals surface area (Å²) in [4.78, 5) is 97.9. The molecule has 0 saturated carbocycles. The molecule has 0 saturated heterocycles. The number of aliphatic carboxylic acids is 1. The second-order valence-corrected chi connectivity index (χ2v) is 25.1. The standard InChI is InChI=1S/C78H118O22/c1-5-9-13-17-21-29-37-88-67-47-63(48-68(52-67)89-38-30-22-18-14-10-6-2)58-97-73(82)55-75(84)99-60-77(86)94-43-35-27-25-33-41-92-65-45-62(57-96-72(81)54-71(79)80)46-66(51-65)93-42-34-26-28-36-44-95-78(87)61-100-76(85)56-74(83)98-59-64-49-69(90-39-31-23-19-15-11-7-3)53-70(50-64)91-40-32-24-20-16-12-8-4/h45-53H,5-44,54-61H2,1-4H3,(H,79,80). The lowest BCUT2D eigenvalue weighted by Gasteiger charge is -2.13. The van der Waals surface area contributed by atoms with Gasteiger partial charge in [-0.15, -0.1) is 0 Å². The smallest absolute Gasteiger partial charge is 0.344 e. The molecule has 0 bridgehead atoms. The molecule has 0 amide bonds. The molecule has 3 aromatic rings. The van der Waals surface area contributed by atoms with Gasteiger partial charge in [-0.05, 0) is 130 Å². The van der Waals surface area contributed by atoms with Gasteiger partial charge in [0.2, 0.25) is 0 Å². The predicted molar refractivity (Wildman–Crippen MR) is 377 cm³/mol. The van der Waals surface area contributed by atoms with Gasteiger partial charge < -0.3 is 66.7 Å². The lowest BCUT2D eigenvalue weighted by molar-refractivity contribution is -0.163. The molecule has 3 aromatic carbocycles. The fraction of sp³-hybridized carbons (Fsp3) is 0.667. The van der Waals surface area contributed by atoms with Crippen LogP contribution in [0, 0.1) is 0 Å². The third-order valence-corrected chi connectivity index (χ3v) is 15.8. The predicted octanol–water partition coefficient (Wildman–Crippen LogP) is 16.5. The monoisotopic (exact) mass is 1410 g/mol. The average molecular weight is 1410 g/mol. The van der Waals surface area contributed by atoms with Crippen molar-refractivity contribution >= 4 is 47.8 Å². The van der Waals surface area contributed by atoms with Crippen LogP contribution in [0.25, 0.3) is 0 Å². The summed E-state index contributed by atoms with van der Waals surface area (Å²) in [5.74, 6) is -3.83. The molecule has 22 nitrogen and oxygen atoms in total. The SMILES string of the molecule is CCCCCCCCOc1cc(COC(=O)CC(=O)OCC(=O)OCCCCCCOc2cc(COC(=O)CC(=O)O)cc(OCCCCCCOC(=O)COC(=O)CC(=O)OCc3cc(OCCCCCCCC)cc(OCCCCCCCC)c3)c2)cc(OCCCCCCCC)c1. The minimum Gasteiger partial charge on any atom is -0.493 e. The van der Waals surface area contributed by atoms with E-state index in [1.165, 1.54) is 103 Å². The number of carboxylic acids is 1. The van der Waals surface area contributed by atoms with E-state index in [-0.39, 0.29) is 33.0 Å². The van der Waals surface area contributed by atoms with E-state index in [1.807, 2.05) is 12.1 Å². The van der Waals surface area contributed by atoms with Gasteiger partial charge in [0, 0.05) is 18.2 Å². The van der Waals surface area contributed by atoms with E-state index in [0.29, 0.717) is 129 Å². The van der Waals surface area contributed by atoms with Gasteiger partial charge in [-0.1, -0.05) is 156 Å². The number of unbranched alkanes of at least 4 members (excludes halogenated alkanes) is 26. The highest BCUT2D eigenvalue weighted by Crippen LogP contribution is 2.28. The Morgan fingerprint density at radius 2 is 0.450 bits per heavy atom. The summed E-state index contributed by atoms with van der Waals surface area (Å²) in [6, 6.07) is 15.9. The van der Waals surface area contributed by atoms with Crippen LogP contribution in [0.15, 0.2) is 54.6 Å². The van der Waals surface area contributed by atoms with Crippen LogP contribution >= 0.6 is 0 Å². The first-order valence-corrected chi connectivity index (χ1v) is 37.2. The Balaban J connectivity index is 1.32. The first kappa shape index (κ1) is 86.4. The number of carboxylic acid groups (broad SMARTS) is 1. The third kappa shape index (κ3) is 47.3. The fourth-order valence-corrected chi connectivity index (χ4v) is 10.3. The Kier molecular flexibility index (Phi) is 50.1. The largest absolute Gasteiger partial charge is 0.493 e. The van der Waals surface area contributed by atoms with Crippen LogP contribution in [-0.4, -0.2) is 119 Å². The van der Waals surface area contributed by atoms with Crippen molar-refractivity contribution in [3.05, 3.63) is 71.3 Å². The zero-order valence-electron chi connectivity index (χ0n) is 60.7. The topological polar surface area (TPSA) is 277 Å². The van der Waals surface area contributed by atoms with Gasteiger partial charge in [0.05, 0.1) is 52.9 Å². The van der Waals surface area contributed by atoms with E-state index in [1.54, 1.807) is 42.5 Å². The van der Waals surface area contributed by atoms with Crippen LogP contribution in [-0.2, 0) is 91.3 Å². The number of hydrogen-bond donors (Lipinski definition) is 1. The van der Waals surface area contributed by atoms with Crippen LogP contribution < -0.4 is 28.4 Å². The molecule has 3 rings (SSSR count). The van der Waals surface area contributed by atoms with E-state index in [2.05, 4.69) is 27.7 Å². The normalized spacial score (nSPS) is 10.9. The summed E-state index contributed by atoms with van der Waals surface area (Å²) in [5, 5.41) is 9.00. The van der Waals surface area contributed by atoms with Gasteiger partial charge in [0.1, 0.15) is 73.6 Å². The Morgan fingerprint density at radius 3 is 0.690 bits per heavy atom. The fourth-order valence-electron chi connectivity index (χ4n) is 10.3. The Hall–Kier alpha value is -7.78. The summed E-state index contributed by atoms with van der Waals surface area (Å²) in [6.07, 6.45) is 30.3. The van der Waals surface area contributed by atoms with Crippen molar-refractivity contribution in [1.82, 2.24) is 0 Å². The molecule has 1 N–H and O–H groups in total. The lowest BCUT2D eigenvalue weighted by Crippen LogP contribution is -2.19. The van der Waals surface area contributed by atoms with Crippen molar-refractivity contribution in [3.63, 3.8) is 0 Å². The minimum absolute atomic E-state index is 0.0923. The van der Waals surface area contributed by atoms with Crippen LogP contribution in [0.5, 0.6) is 34.5 Å². The number of carbonyl (C=O) groups is 8. The number of rotatable bonds is 64. The molecule has 0 aliphatic rings. The highest BCUT2D eigenvalue weighted by atomic mass is 16.6. The summed E-state index contributed by atoms with van der Waals surface area (Å²) < 4.78 is 72.6. The minimum atomic E-state index is -1.31. The molecule has 0 radical (unpaired) electrons. The Bertz CT molecular complexity index is 2510. The molecule has 0 aromatic heterocycles. The van der Waals surface area contributed by atoms with Crippen LogP contribution in [0.4, 0.5) is 0 Å². The molecule has 0 spiro atoms. The molecule has 0 aliphatic carbocycles. The lowest BCUT2D eigenvalue weighted by atomic mass is 10.1. The first-order valence-electron chi connectivity index (χ1n) is 37.2. The molecule has 100 heavy (non-hydrogen) atoms. The van der Waals surface area contributed by atoms with Gasteiger partial charge in [-0.3, -0.25) is 28.8 Å². The molecular formula is C78H118O22. The zero-order valence-corrected chi connectivity index (χ0v) is 60.7. The van der Waals surface area contributed by atoms with E-state index in [9.17, 15) is 38.4 Å². The van der Waals surface area contributed by atoms with Gasteiger partial charge in [0.15, 0.2) is 13.2 Å². The van der Waals surface area contributed by atoms with Crippen molar-refractivity contribution in [3.8, 4) is 34.5 Å². The molecule has 22 heteroatoms. The quantitative estimate of drug-likeness (QED) is 0.0238. The van der Waals surface area contributed by atoms with Crippen molar-refractivity contribution in [2.24, 2.45) is 0 Å².